The van der Waals surface area contributed by atoms with Gasteiger partial charge in [0.2, 0.25) is 0 Å². The Labute approximate surface area is 209 Å². The third-order valence-electron chi connectivity index (χ3n) is 7.04. The number of aromatic nitrogens is 1. The van der Waals surface area contributed by atoms with Crippen LogP contribution >= 0.6 is 11.3 Å². The van der Waals surface area contributed by atoms with Crippen molar-refractivity contribution in [3.8, 4) is 0 Å². The molecule has 186 valence electrons. The van der Waals surface area contributed by atoms with E-state index < -0.39 is 5.54 Å². The van der Waals surface area contributed by atoms with Crippen molar-refractivity contribution in [1.29, 1.82) is 0 Å². The quantitative estimate of drug-likeness (QED) is 0.438. The van der Waals surface area contributed by atoms with E-state index in [1.165, 1.54) is 23.2 Å². The number of rotatable bonds is 8. The number of hydrogen-bond donors (Lipinski definition) is 1. The van der Waals surface area contributed by atoms with Crippen LogP contribution in [-0.4, -0.2) is 57.0 Å². The number of ketones is 1. The van der Waals surface area contributed by atoms with Gasteiger partial charge in [-0.15, -0.1) is 11.3 Å². The van der Waals surface area contributed by atoms with Crippen LogP contribution in [0.4, 0.5) is 4.79 Å². The van der Waals surface area contributed by atoms with Crippen molar-refractivity contribution < 1.29 is 19.2 Å². The van der Waals surface area contributed by atoms with Crippen molar-refractivity contribution in [2.24, 2.45) is 11.8 Å². The third kappa shape index (κ3) is 5.15. The van der Waals surface area contributed by atoms with Crippen LogP contribution in [0, 0.1) is 11.8 Å². The van der Waals surface area contributed by atoms with E-state index in [0.717, 1.165) is 6.42 Å². The topological polar surface area (TPSA) is 99.7 Å². The second kappa shape index (κ2) is 10.3. The molecule has 0 saturated carbocycles. The minimum atomic E-state index is -0.963. The minimum Gasteiger partial charge on any atom is -0.339 e. The monoisotopic (exact) mass is 496 g/mol. The molecule has 8 nitrogen and oxygen atoms in total. The van der Waals surface area contributed by atoms with Gasteiger partial charge in [-0.05, 0) is 62.6 Å². The van der Waals surface area contributed by atoms with E-state index in [1.54, 1.807) is 34.7 Å². The van der Waals surface area contributed by atoms with Gasteiger partial charge in [-0.25, -0.2) is 4.79 Å². The molecular formula is C26H32N4O4S. The highest BCUT2D eigenvalue weighted by Gasteiger charge is 2.55. The van der Waals surface area contributed by atoms with Crippen molar-refractivity contribution in [2.75, 3.05) is 13.1 Å². The fourth-order valence-electron chi connectivity index (χ4n) is 5.00. The molecule has 1 unspecified atom stereocenters. The van der Waals surface area contributed by atoms with Gasteiger partial charge in [0.05, 0.1) is 22.7 Å². The van der Waals surface area contributed by atoms with Crippen LogP contribution in [0.3, 0.4) is 0 Å². The number of likely N-dealkylation sites (tertiary alicyclic amines) is 1. The van der Waals surface area contributed by atoms with Crippen LogP contribution in [0.2, 0.25) is 0 Å². The zero-order valence-electron chi connectivity index (χ0n) is 20.5. The maximum absolute atomic E-state index is 13.8. The van der Waals surface area contributed by atoms with Crippen molar-refractivity contribution in [3.05, 3.63) is 52.0 Å². The highest BCUT2D eigenvalue weighted by atomic mass is 32.1. The summed E-state index contributed by atoms with van der Waals surface area (Å²) in [6.45, 7) is 6.86. The Balaban J connectivity index is 1.49. The molecule has 9 heteroatoms. The Morgan fingerprint density at radius 3 is 2.57 bits per heavy atom. The molecule has 0 spiro atoms. The first kappa shape index (κ1) is 25.0. The van der Waals surface area contributed by atoms with Crippen LogP contribution < -0.4 is 5.32 Å². The molecule has 0 radical (unpaired) electrons. The summed E-state index contributed by atoms with van der Waals surface area (Å²) in [6, 6.07) is 6.72. The van der Waals surface area contributed by atoms with Crippen LogP contribution in [0.1, 0.15) is 72.2 Å². The van der Waals surface area contributed by atoms with Gasteiger partial charge in [-0.1, -0.05) is 19.9 Å². The smallest absolute Gasteiger partial charge is 0.325 e. The summed E-state index contributed by atoms with van der Waals surface area (Å²) in [5, 5.41) is 4.80. The number of carbonyl (C=O) groups excluding carboxylic acids is 4. The number of amides is 4. The maximum Gasteiger partial charge on any atom is 0.325 e. The number of nitrogens with zero attached hydrogens (tertiary/aromatic N) is 3. The first-order valence-electron chi connectivity index (χ1n) is 12.1. The van der Waals surface area contributed by atoms with Gasteiger partial charge in [0.15, 0.2) is 5.78 Å². The summed E-state index contributed by atoms with van der Waals surface area (Å²) < 4.78 is 0. The summed E-state index contributed by atoms with van der Waals surface area (Å²) in [7, 11) is 0. The number of urea groups is 1. The predicted molar refractivity (Wildman–Crippen MR) is 133 cm³/mol. The van der Waals surface area contributed by atoms with Gasteiger partial charge in [0, 0.05) is 24.7 Å². The molecule has 0 bridgehead atoms. The molecule has 1 atom stereocenters. The van der Waals surface area contributed by atoms with E-state index in [1.807, 2.05) is 6.07 Å². The predicted octanol–water partition coefficient (Wildman–Crippen LogP) is 4.12. The first-order valence-corrected chi connectivity index (χ1v) is 13.0. The second-order valence-electron chi connectivity index (χ2n) is 9.87. The lowest BCUT2D eigenvalue weighted by atomic mass is 9.73. The zero-order valence-corrected chi connectivity index (χ0v) is 21.3. The number of carbonyl (C=O) groups is 4. The Morgan fingerprint density at radius 2 is 1.97 bits per heavy atom. The summed E-state index contributed by atoms with van der Waals surface area (Å²) in [4.78, 5) is 59.3. The van der Waals surface area contributed by atoms with Crippen molar-refractivity contribution >= 4 is 35.0 Å². The largest absolute Gasteiger partial charge is 0.339 e. The van der Waals surface area contributed by atoms with E-state index in [0.29, 0.717) is 54.4 Å². The SMILES string of the molecule is CC(=O)c1cc(C(=O)N2CCC(C3(CCC(C)C)NC(=O)N(Cc4ccccn4)C3=O)CC2)cs1. The maximum atomic E-state index is 13.8. The fourth-order valence-corrected chi connectivity index (χ4v) is 5.78. The van der Waals surface area contributed by atoms with E-state index >= 15 is 0 Å². The number of Topliss-reactive ketones (excluding diaryl/α,β-unsaturated/α-hetero) is 1. The molecular weight excluding hydrogens is 464 g/mol. The first-order chi connectivity index (χ1) is 16.7. The summed E-state index contributed by atoms with van der Waals surface area (Å²) in [5.74, 6) is -0.0158. The molecule has 4 heterocycles. The zero-order chi connectivity index (χ0) is 25.2. The summed E-state index contributed by atoms with van der Waals surface area (Å²) >= 11 is 1.28. The standard InChI is InChI=1S/C26H32N4O4S/c1-17(2)7-10-26(24(33)30(25(34)28-26)15-21-6-4-5-11-27-21)20-8-12-29(13-9-20)23(32)19-14-22(18(3)31)35-16-19/h4-6,11,14,16-17,20H,7-10,12-13,15H2,1-3H3,(H,28,34). The molecule has 1 N–H and O–H groups in total. The third-order valence-corrected chi connectivity index (χ3v) is 8.07. The van der Waals surface area contributed by atoms with E-state index in [2.05, 4.69) is 24.1 Å². The molecule has 2 aliphatic rings. The lowest BCUT2D eigenvalue weighted by molar-refractivity contribution is -0.134. The van der Waals surface area contributed by atoms with Crippen LogP contribution in [0.25, 0.3) is 0 Å². The second-order valence-corrected chi connectivity index (χ2v) is 10.8. The minimum absolute atomic E-state index is 0.0504. The van der Waals surface area contributed by atoms with Gasteiger partial charge in [-0.2, -0.15) is 0 Å². The highest BCUT2D eigenvalue weighted by Crippen LogP contribution is 2.38. The average Bonchev–Trinajstić information content (AvgIpc) is 3.43. The van der Waals surface area contributed by atoms with Crippen LogP contribution in [0.5, 0.6) is 0 Å². The molecule has 0 aliphatic carbocycles. The fraction of sp³-hybridized carbons (Fsp3) is 0.500. The van der Waals surface area contributed by atoms with Crippen molar-refractivity contribution in [2.45, 2.75) is 58.5 Å². The van der Waals surface area contributed by atoms with Crippen molar-refractivity contribution in [1.82, 2.24) is 20.1 Å². The lowest BCUT2D eigenvalue weighted by Gasteiger charge is -2.41. The van der Waals surface area contributed by atoms with Gasteiger partial charge in [0.25, 0.3) is 11.8 Å². The molecule has 2 fully saturated rings. The number of hydrogen-bond acceptors (Lipinski definition) is 6. The van der Waals surface area contributed by atoms with Crippen molar-refractivity contribution in [3.63, 3.8) is 0 Å². The van der Waals surface area contributed by atoms with Gasteiger partial charge < -0.3 is 10.2 Å². The van der Waals surface area contributed by atoms with E-state index in [4.69, 9.17) is 0 Å². The molecule has 4 amide bonds. The molecule has 2 aromatic heterocycles. The van der Waals surface area contributed by atoms with E-state index in [9.17, 15) is 19.2 Å². The Hall–Kier alpha value is -3.07. The number of piperidine rings is 1. The number of nitrogens with one attached hydrogen (secondary N) is 1. The number of thiophene rings is 1. The molecule has 4 rings (SSSR count). The Morgan fingerprint density at radius 1 is 1.23 bits per heavy atom. The molecule has 0 aromatic carbocycles. The van der Waals surface area contributed by atoms with Gasteiger partial charge in [0.1, 0.15) is 5.54 Å². The van der Waals surface area contributed by atoms with Gasteiger partial charge >= 0.3 is 6.03 Å². The molecule has 2 saturated heterocycles. The number of pyridine rings is 1. The average molecular weight is 497 g/mol. The number of imide groups is 1. The molecule has 2 aromatic rings. The molecule has 35 heavy (non-hydrogen) atoms. The normalized spacial score (nSPS) is 21.0. The van der Waals surface area contributed by atoms with Crippen LogP contribution in [-0.2, 0) is 11.3 Å². The summed E-state index contributed by atoms with van der Waals surface area (Å²) in [6.07, 6.45) is 4.28. The van der Waals surface area contributed by atoms with Crippen LogP contribution in [0.15, 0.2) is 35.8 Å². The summed E-state index contributed by atoms with van der Waals surface area (Å²) in [5.41, 5.74) is 0.229. The lowest BCUT2D eigenvalue weighted by Crippen LogP contribution is -2.56. The Bertz CT molecular complexity index is 1110. The molecule has 2 aliphatic heterocycles. The Kier molecular flexibility index (Phi) is 7.35. The van der Waals surface area contributed by atoms with E-state index in [-0.39, 0.29) is 36.1 Å². The van der Waals surface area contributed by atoms with Gasteiger partial charge in [-0.3, -0.25) is 24.3 Å². The highest BCUT2D eigenvalue weighted by molar-refractivity contribution is 7.12.